The smallest absolute Gasteiger partial charge is 0.215 e. The Hall–Kier alpha value is -0.160. The fourth-order valence-electron chi connectivity index (χ4n) is 0.526. The summed E-state index contributed by atoms with van der Waals surface area (Å²) >= 11 is 0. The maximum Gasteiger partial charge on any atom is 0.215 e. The van der Waals surface area contributed by atoms with Gasteiger partial charge in [-0.2, -0.15) is 0 Å². The minimum atomic E-state index is -0.824. The zero-order valence-electron chi connectivity index (χ0n) is 6.70. The third kappa shape index (κ3) is 3.79. The lowest BCUT2D eigenvalue weighted by molar-refractivity contribution is -0.170. The molecule has 1 unspecified atom stereocenters. The zero-order valence-corrected chi connectivity index (χ0v) is 6.70. The van der Waals surface area contributed by atoms with Gasteiger partial charge in [-0.15, -0.1) is 0 Å². The summed E-state index contributed by atoms with van der Waals surface area (Å²) < 4.78 is 9.43. The molecule has 0 radical (unpaired) electrons. The van der Waals surface area contributed by atoms with E-state index in [1.165, 1.54) is 7.11 Å². The predicted molar refractivity (Wildman–Crippen MR) is 37.5 cm³/mol. The van der Waals surface area contributed by atoms with E-state index in [1.807, 2.05) is 0 Å². The highest BCUT2D eigenvalue weighted by atomic mass is 16.6. The summed E-state index contributed by atoms with van der Waals surface area (Å²) in [5.74, 6) is 0. The van der Waals surface area contributed by atoms with E-state index in [-0.39, 0.29) is 0 Å². The molecule has 4 heteroatoms. The lowest BCUT2D eigenvalue weighted by atomic mass is 10.6. The van der Waals surface area contributed by atoms with Crippen LogP contribution in [0.25, 0.3) is 0 Å². The van der Waals surface area contributed by atoms with Crippen molar-refractivity contribution in [1.82, 2.24) is 4.90 Å². The topological polar surface area (TPSA) is 41.9 Å². The molecule has 0 aliphatic heterocycles. The van der Waals surface area contributed by atoms with E-state index in [0.29, 0.717) is 13.2 Å². The van der Waals surface area contributed by atoms with Crippen molar-refractivity contribution in [2.75, 3.05) is 34.4 Å². The molecule has 0 saturated heterocycles. The largest absolute Gasteiger partial charge is 0.383 e. The predicted octanol–water partition coefficient (Wildman–Crippen LogP) is -0.513. The molecule has 0 heterocycles. The van der Waals surface area contributed by atoms with Crippen molar-refractivity contribution in [3.8, 4) is 0 Å². The second-order valence-corrected chi connectivity index (χ2v) is 2.04. The first kappa shape index (κ1) is 9.84. The summed E-state index contributed by atoms with van der Waals surface area (Å²) in [6, 6.07) is 0. The molecule has 10 heavy (non-hydrogen) atoms. The second kappa shape index (κ2) is 5.61. The van der Waals surface area contributed by atoms with Crippen LogP contribution in [0.3, 0.4) is 0 Å². The number of ether oxygens (including phenoxy) is 2. The molecule has 0 rings (SSSR count). The van der Waals surface area contributed by atoms with Crippen molar-refractivity contribution in [2.45, 2.75) is 6.41 Å². The van der Waals surface area contributed by atoms with E-state index in [0.717, 1.165) is 0 Å². The molecular formula is C6H15NO3. The van der Waals surface area contributed by atoms with Gasteiger partial charge in [0, 0.05) is 20.8 Å². The number of methoxy groups -OCH3 is 2. The molecule has 0 aliphatic rings. The van der Waals surface area contributed by atoms with E-state index in [1.54, 1.807) is 19.1 Å². The van der Waals surface area contributed by atoms with E-state index in [9.17, 15) is 0 Å². The molecule has 1 atom stereocenters. The number of rotatable bonds is 5. The maximum atomic E-state index is 9.00. The molecule has 4 nitrogen and oxygen atoms in total. The maximum absolute atomic E-state index is 9.00. The fraction of sp³-hybridized carbons (Fsp3) is 1.00. The Kier molecular flexibility index (Phi) is 5.52. The SMILES string of the molecule is COCCN(C)C(O)OC. The van der Waals surface area contributed by atoms with Crippen LogP contribution < -0.4 is 0 Å². The number of hydrogen-bond acceptors (Lipinski definition) is 4. The molecule has 0 aliphatic carbocycles. The molecule has 0 bridgehead atoms. The first-order valence-corrected chi connectivity index (χ1v) is 3.12. The summed E-state index contributed by atoms with van der Waals surface area (Å²) in [5.41, 5.74) is 0. The quantitative estimate of drug-likeness (QED) is 0.534. The van der Waals surface area contributed by atoms with Gasteiger partial charge in [0.25, 0.3) is 0 Å². The molecule has 62 valence electrons. The van der Waals surface area contributed by atoms with Crippen LogP contribution in [0.1, 0.15) is 0 Å². The van der Waals surface area contributed by atoms with Gasteiger partial charge < -0.3 is 14.6 Å². The molecular weight excluding hydrogens is 134 g/mol. The summed E-state index contributed by atoms with van der Waals surface area (Å²) in [5, 5.41) is 9.00. The molecule has 0 aromatic heterocycles. The van der Waals surface area contributed by atoms with Crippen molar-refractivity contribution in [3.05, 3.63) is 0 Å². The van der Waals surface area contributed by atoms with Gasteiger partial charge in [0.05, 0.1) is 6.61 Å². The van der Waals surface area contributed by atoms with Crippen LogP contribution in [-0.4, -0.2) is 50.8 Å². The normalized spacial score (nSPS) is 14.1. The van der Waals surface area contributed by atoms with Gasteiger partial charge in [-0.05, 0) is 7.05 Å². The molecule has 0 saturated carbocycles. The zero-order chi connectivity index (χ0) is 7.98. The molecule has 0 amide bonds. The number of likely N-dealkylation sites (N-methyl/N-ethyl adjacent to an activating group) is 1. The number of aliphatic hydroxyl groups is 1. The van der Waals surface area contributed by atoms with Crippen molar-refractivity contribution in [1.29, 1.82) is 0 Å². The second-order valence-electron chi connectivity index (χ2n) is 2.04. The van der Waals surface area contributed by atoms with Gasteiger partial charge in [-0.3, -0.25) is 4.90 Å². The minimum Gasteiger partial charge on any atom is -0.383 e. The highest BCUT2D eigenvalue weighted by molar-refractivity contribution is 4.44. The van der Waals surface area contributed by atoms with Crippen LogP contribution >= 0.6 is 0 Å². The summed E-state index contributed by atoms with van der Waals surface area (Å²) in [6.07, 6.45) is -0.824. The third-order valence-corrected chi connectivity index (χ3v) is 1.24. The Balaban J connectivity index is 3.31. The van der Waals surface area contributed by atoms with Crippen molar-refractivity contribution < 1.29 is 14.6 Å². The Morgan fingerprint density at radius 2 is 2.10 bits per heavy atom. The van der Waals surface area contributed by atoms with Crippen molar-refractivity contribution in [3.63, 3.8) is 0 Å². The average Bonchev–Trinajstić information content (AvgIpc) is 1.98. The lowest BCUT2D eigenvalue weighted by Gasteiger charge is -2.20. The highest BCUT2D eigenvalue weighted by Crippen LogP contribution is 1.90. The average molecular weight is 149 g/mol. The van der Waals surface area contributed by atoms with E-state index < -0.39 is 6.41 Å². The Morgan fingerprint density at radius 3 is 2.50 bits per heavy atom. The highest BCUT2D eigenvalue weighted by Gasteiger charge is 2.07. The Morgan fingerprint density at radius 1 is 1.50 bits per heavy atom. The monoisotopic (exact) mass is 149 g/mol. The molecule has 1 N–H and O–H groups in total. The first-order chi connectivity index (χ1) is 4.72. The number of aliphatic hydroxyl groups excluding tert-OH is 1. The van der Waals surface area contributed by atoms with Crippen LogP contribution in [0, 0.1) is 0 Å². The molecule has 0 aromatic rings. The van der Waals surface area contributed by atoms with Gasteiger partial charge in [0.1, 0.15) is 0 Å². The van der Waals surface area contributed by atoms with Gasteiger partial charge in [-0.25, -0.2) is 0 Å². The van der Waals surface area contributed by atoms with E-state index >= 15 is 0 Å². The standard InChI is InChI=1S/C6H15NO3/c1-7(4-5-9-2)6(8)10-3/h6,8H,4-5H2,1-3H3. The molecule has 0 spiro atoms. The number of hydrogen-bond donors (Lipinski definition) is 1. The van der Waals surface area contributed by atoms with Crippen molar-refractivity contribution >= 4 is 0 Å². The van der Waals surface area contributed by atoms with Crippen molar-refractivity contribution in [2.24, 2.45) is 0 Å². The Labute approximate surface area is 61.3 Å². The van der Waals surface area contributed by atoms with Gasteiger partial charge in [0.2, 0.25) is 6.41 Å². The Bertz CT molecular complexity index is 79.4. The van der Waals surface area contributed by atoms with E-state index in [4.69, 9.17) is 9.84 Å². The third-order valence-electron chi connectivity index (χ3n) is 1.24. The van der Waals surface area contributed by atoms with Crippen LogP contribution in [-0.2, 0) is 9.47 Å². The van der Waals surface area contributed by atoms with Crippen LogP contribution in [0.5, 0.6) is 0 Å². The lowest BCUT2D eigenvalue weighted by Crippen LogP contribution is -2.35. The fourth-order valence-corrected chi connectivity index (χ4v) is 0.526. The summed E-state index contributed by atoms with van der Waals surface area (Å²) in [7, 11) is 4.83. The van der Waals surface area contributed by atoms with Crippen LogP contribution in [0.4, 0.5) is 0 Å². The number of nitrogens with zero attached hydrogens (tertiary/aromatic N) is 1. The van der Waals surface area contributed by atoms with Crippen LogP contribution in [0.15, 0.2) is 0 Å². The van der Waals surface area contributed by atoms with Gasteiger partial charge in [-0.1, -0.05) is 0 Å². The summed E-state index contributed by atoms with van der Waals surface area (Å²) in [6.45, 7) is 1.25. The minimum absolute atomic E-state index is 0.594. The van der Waals surface area contributed by atoms with Gasteiger partial charge >= 0.3 is 0 Å². The van der Waals surface area contributed by atoms with Crippen LogP contribution in [0.2, 0.25) is 0 Å². The molecule has 0 aromatic carbocycles. The first-order valence-electron chi connectivity index (χ1n) is 3.12. The molecule has 0 fully saturated rings. The summed E-state index contributed by atoms with van der Waals surface area (Å²) in [4.78, 5) is 1.64. The van der Waals surface area contributed by atoms with Gasteiger partial charge in [0.15, 0.2) is 0 Å². The van der Waals surface area contributed by atoms with E-state index in [2.05, 4.69) is 4.74 Å².